The average molecular weight is 290 g/mol. The molecule has 3 atom stereocenters. The van der Waals surface area contributed by atoms with Gasteiger partial charge in [0.2, 0.25) is 0 Å². The van der Waals surface area contributed by atoms with Gasteiger partial charge in [-0.15, -0.1) is 0 Å². The van der Waals surface area contributed by atoms with Gasteiger partial charge >= 0.3 is 0 Å². The van der Waals surface area contributed by atoms with E-state index in [1.54, 1.807) is 7.11 Å². The summed E-state index contributed by atoms with van der Waals surface area (Å²) in [6, 6.07) is 9.57. The molecule has 1 aromatic carbocycles. The molecule has 0 radical (unpaired) electrons. The van der Waals surface area contributed by atoms with Gasteiger partial charge in [-0.05, 0) is 49.9 Å². The van der Waals surface area contributed by atoms with E-state index in [9.17, 15) is 0 Å². The van der Waals surface area contributed by atoms with Crippen LogP contribution >= 0.6 is 0 Å². The normalized spacial score (nSPS) is 22.8. The molecule has 2 rings (SSSR count). The Bertz CT molecular complexity index is 435. The summed E-state index contributed by atoms with van der Waals surface area (Å²) in [5.74, 6) is 0.922. The molecule has 2 N–H and O–H groups in total. The highest BCUT2D eigenvalue weighted by atomic mass is 16.5. The monoisotopic (exact) mass is 290 g/mol. The summed E-state index contributed by atoms with van der Waals surface area (Å²) in [7, 11) is 1.73. The van der Waals surface area contributed by atoms with Crippen molar-refractivity contribution >= 4 is 0 Å². The molecule has 3 nitrogen and oxygen atoms in total. The van der Waals surface area contributed by atoms with Crippen molar-refractivity contribution in [2.24, 2.45) is 5.73 Å². The van der Waals surface area contributed by atoms with Crippen LogP contribution in [0.25, 0.3) is 0 Å². The highest BCUT2D eigenvalue weighted by Crippen LogP contribution is 2.33. The minimum absolute atomic E-state index is 0.171. The van der Waals surface area contributed by atoms with Gasteiger partial charge in [0.25, 0.3) is 0 Å². The second-order valence-electron chi connectivity index (χ2n) is 6.09. The highest BCUT2D eigenvalue weighted by molar-refractivity contribution is 5.31. The van der Waals surface area contributed by atoms with Gasteiger partial charge in [0.15, 0.2) is 0 Å². The Morgan fingerprint density at radius 2 is 2.14 bits per heavy atom. The van der Waals surface area contributed by atoms with Crippen LogP contribution in [0.5, 0.6) is 5.75 Å². The minimum atomic E-state index is 0.171. The van der Waals surface area contributed by atoms with E-state index >= 15 is 0 Å². The third kappa shape index (κ3) is 3.78. The predicted octanol–water partition coefficient (Wildman–Crippen LogP) is 3.74. The number of rotatable bonds is 6. The number of nitrogens with two attached hydrogens (primary N) is 1. The largest absolute Gasteiger partial charge is 0.497 e. The maximum atomic E-state index is 6.51. The van der Waals surface area contributed by atoms with E-state index in [0.717, 1.165) is 18.7 Å². The fourth-order valence-corrected chi connectivity index (χ4v) is 3.56. The Morgan fingerprint density at radius 1 is 1.33 bits per heavy atom. The van der Waals surface area contributed by atoms with Crippen LogP contribution in [0.2, 0.25) is 0 Å². The van der Waals surface area contributed by atoms with Crippen LogP contribution < -0.4 is 10.5 Å². The van der Waals surface area contributed by atoms with E-state index in [1.165, 1.54) is 31.2 Å². The highest BCUT2D eigenvalue weighted by Gasteiger charge is 2.32. The number of ether oxygens (including phenoxy) is 1. The summed E-state index contributed by atoms with van der Waals surface area (Å²) in [6.45, 7) is 5.64. The summed E-state index contributed by atoms with van der Waals surface area (Å²) in [5.41, 5.74) is 7.80. The molecule has 0 spiro atoms. The van der Waals surface area contributed by atoms with Crippen molar-refractivity contribution in [3.8, 4) is 5.75 Å². The molecular formula is C18H30N2O. The second kappa shape index (κ2) is 7.81. The maximum Gasteiger partial charge on any atom is 0.119 e. The molecule has 0 bridgehead atoms. The van der Waals surface area contributed by atoms with Crippen LogP contribution in [0.1, 0.15) is 57.6 Å². The van der Waals surface area contributed by atoms with Crippen LogP contribution in [-0.2, 0) is 0 Å². The zero-order chi connectivity index (χ0) is 15.2. The Morgan fingerprint density at radius 3 is 2.81 bits per heavy atom. The summed E-state index contributed by atoms with van der Waals surface area (Å²) >= 11 is 0. The number of likely N-dealkylation sites (tertiary alicyclic amines) is 1. The lowest BCUT2D eigenvalue weighted by atomic mass is 9.90. The Labute approximate surface area is 129 Å². The number of methoxy groups -OCH3 is 1. The molecule has 1 aliphatic heterocycles. The molecule has 0 saturated carbocycles. The van der Waals surface area contributed by atoms with Crippen LogP contribution in [0.4, 0.5) is 0 Å². The van der Waals surface area contributed by atoms with Gasteiger partial charge in [0.1, 0.15) is 5.75 Å². The van der Waals surface area contributed by atoms with Gasteiger partial charge in [-0.2, -0.15) is 0 Å². The topological polar surface area (TPSA) is 38.5 Å². The Kier molecular flexibility index (Phi) is 6.07. The number of nitrogens with zero attached hydrogens (tertiary/aromatic N) is 1. The smallest absolute Gasteiger partial charge is 0.119 e. The van der Waals surface area contributed by atoms with Gasteiger partial charge in [0, 0.05) is 12.1 Å². The van der Waals surface area contributed by atoms with Crippen molar-refractivity contribution < 1.29 is 4.74 Å². The standard InChI is InChI=1S/C18H30N2O/c1-4-15-10-6-7-12-20(15)18(17(19)5-2)14-9-8-11-16(13-14)21-3/h8-9,11,13,15,17-18H,4-7,10,12,19H2,1-3H3. The lowest BCUT2D eigenvalue weighted by Crippen LogP contribution is -2.48. The molecule has 0 aromatic heterocycles. The fourth-order valence-electron chi connectivity index (χ4n) is 3.56. The first-order valence-corrected chi connectivity index (χ1v) is 8.36. The number of hydrogen-bond acceptors (Lipinski definition) is 3. The van der Waals surface area contributed by atoms with Crippen molar-refractivity contribution in [1.82, 2.24) is 4.90 Å². The lowest BCUT2D eigenvalue weighted by molar-refractivity contribution is 0.0756. The SMILES string of the molecule is CCC(N)C(c1cccc(OC)c1)N1CCCCC1CC. The van der Waals surface area contributed by atoms with Gasteiger partial charge in [-0.25, -0.2) is 0 Å². The van der Waals surface area contributed by atoms with Crippen molar-refractivity contribution in [3.63, 3.8) is 0 Å². The summed E-state index contributed by atoms with van der Waals surface area (Å²) < 4.78 is 5.40. The third-order valence-electron chi connectivity index (χ3n) is 4.81. The van der Waals surface area contributed by atoms with Crippen molar-refractivity contribution in [2.75, 3.05) is 13.7 Å². The summed E-state index contributed by atoms with van der Waals surface area (Å²) in [5, 5.41) is 0. The minimum Gasteiger partial charge on any atom is -0.497 e. The first-order chi connectivity index (χ1) is 10.2. The van der Waals surface area contributed by atoms with Crippen molar-refractivity contribution in [3.05, 3.63) is 29.8 Å². The average Bonchev–Trinajstić information content (AvgIpc) is 2.55. The van der Waals surface area contributed by atoms with Crippen LogP contribution in [0.3, 0.4) is 0 Å². The van der Waals surface area contributed by atoms with E-state index in [4.69, 9.17) is 10.5 Å². The number of benzene rings is 1. The molecular weight excluding hydrogens is 260 g/mol. The van der Waals surface area contributed by atoms with E-state index in [0.29, 0.717) is 12.1 Å². The summed E-state index contributed by atoms with van der Waals surface area (Å²) in [4.78, 5) is 2.65. The van der Waals surface area contributed by atoms with E-state index in [-0.39, 0.29) is 6.04 Å². The van der Waals surface area contributed by atoms with Crippen LogP contribution in [0.15, 0.2) is 24.3 Å². The number of hydrogen-bond donors (Lipinski definition) is 1. The molecule has 3 heteroatoms. The van der Waals surface area contributed by atoms with Gasteiger partial charge in [-0.1, -0.05) is 32.4 Å². The molecule has 1 saturated heterocycles. The molecule has 1 fully saturated rings. The zero-order valence-corrected chi connectivity index (χ0v) is 13.7. The quantitative estimate of drug-likeness (QED) is 0.867. The van der Waals surface area contributed by atoms with Gasteiger partial charge in [0.05, 0.1) is 13.2 Å². The fraction of sp³-hybridized carbons (Fsp3) is 0.667. The Balaban J connectivity index is 2.32. The van der Waals surface area contributed by atoms with E-state index in [1.807, 2.05) is 6.07 Å². The van der Waals surface area contributed by atoms with E-state index < -0.39 is 0 Å². The van der Waals surface area contributed by atoms with Crippen LogP contribution in [-0.4, -0.2) is 30.6 Å². The first kappa shape index (κ1) is 16.3. The maximum absolute atomic E-state index is 6.51. The molecule has 1 aromatic rings. The molecule has 118 valence electrons. The predicted molar refractivity (Wildman–Crippen MR) is 88.6 cm³/mol. The lowest BCUT2D eigenvalue weighted by Gasteiger charge is -2.43. The van der Waals surface area contributed by atoms with Gasteiger partial charge < -0.3 is 10.5 Å². The number of piperidine rings is 1. The zero-order valence-electron chi connectivity index (χ0n) is 13.7. The first-order valence-electron chi connectivity index (χ1n) is 8.36. The molecule has 1 heterocycles. The second-order valence-corrected chi connectivity index (χ2v) is 6.09. The van der Waals surface area contributed by atoms with Crippen LogP contribution in [0, 0.1) is 0 Å². The summed E-state index contributed by atoms with van der Waals surface area (Å²) in [6.07, 6.45) is 6.13. The molecule has 0 amide bonds. The Hall–Kier alpha value is -1.06. The van der Waals surface area contributed by atoms with E-state index in [2.05, 4.69) is 36.9 Å². The molecule has 21 heavy (non-hydrogen) atoms. The molecule has 0 aliphatic carbocycles. The third-order valence-corrected chi connectivity index (χ3v) is 4.81. The molecule has 1 aliphatic rings. The van der Waals surface area contributed by atoms with Crippen molar-refractivity contribution in [2.45, 2.75) is 64.1 Å². The van der Waals surface area contributed by atoms with Gasteiger partial charge in [-0.3, -0.25) is 4.90 Å². The molecule has 3 unspecified atom stereocenters. The van der Waals surface area contributed by atoms with Crippen molar-refractivity contribution in [1.29, 1.82) is 0 Å².